The fourth-order valence-corrected chi connectivity index (χ4v) is 1.98. The van der Waals surface area contributed by atoms with Crippen molar-refractivity contribution in [3.63, 3.8) is 0 Å². The number of rotatable bonds is 13. The summed E-state index contributed by atoms with van der Waals surface area (Å²) in [6.45, 7) is 1.16. The molecule has 0 rings (SSSR count). The summed E-state index contributed by atoms with van der Waals surface area (Å²) in [6, 6.07) is 0. The summed E-state index contributed by atoms with van der Waals surface area (Å²) in [5.41, 5.74) is 5.43. The molecule has 0 bridgehead atoms. The van der Waals surface area contributed by atoms with Crippen LogP contribution in [0.3, 0.4) is 0 Å². The molecule has 0 unspecified atom stereocenters. The molecule has 0 aliphatic rings. The smallest absolute Gasteiger partial charge is 0.307 e. The van der Waals surface area contributed by atoms with E-state index in [0.29, 0.717) is 13.0 Å². The Kier molecular flexibility index (Phi) is 13.5. The highest BCUT2D eigenvalue weighted by molar-refractivity contribution is 5.76. The average molecular weight is 286 g/mol. The summed E-state index contributed by atoms with van der Waals surface area (Å²) in [5, 5.41) is 2.72. The lowest BCUT2D eigenvalue weighted by Crippen LogP contribution is -2.25. The van der Waals surface area contributed by atoms with E-state index in [2.05, 4.69) is 10.1 Å². The normalized spacial score (nSPS) is 10.3. The number of nitrogens with one attached hydrogen (secondary N) is 1. The van der Waals surface area contributed by atoms with Crippen molar-refractivity contribution < 1.29 is 14.3 Å². The zero-order valence-electron chi connectivity index (χ0n) is 12.8. The number of carbonyl (C=O) groups excluding carboxylic acids is 2. The number of unbranched alkanes of at least 4 members (excludes halogenated alkanes) is 7. The van der Waals surface area contributed by atoms with Gasteiger partial charge in [-0.25, -0.2) is 0 Å². The highest BCUT2D eigenvalue weighted by atomic mass is 16.5. The molecule has 0 saturated heterocycles. The molecule has 5 heteroatoms. The van der Waals surface area contributed by atoms with E-state index in [0.717, 1.165) is 25.8 Å². The molecule has 0 aromatic carbocycles. The van der Waals surface area contributed by atoms with E-state index in [1.807, 2.05) is 0 Å². The standard InChI is InChI=1S/C15H30N2O3/c1-20-15(19)11-13-17-14(18)10-8-6-4-2-3-5-7-9-12-16/h2-13,16H2,1H3,(H,17,18). The molecule has 0 saturated carbocycles. The number of hydrogen-bond donors (Lipinski definition) is 2. The summed E-state index contributed by atoms with van der Waals surface area (Å²) >= 11 is 0. The molecule has 0 fully saturated rings. The molecule has 0 heterocycles. The fraction of sp³-hybridized carbons (Fsp3) is 0.867. The molecule has 0 spiro atoms. The maximum absolute atomic E-state index is 11.4. The third kappa shape index (κ3) is 13.3. The molecule has 0 aliphatic carbocycles. The van der Waals surface area contributed by atoms with E-state index in [-0.39, 0.29) is 18.3 Å². The number of ether oxygens (including phenoxy) is 1. The molecular weight excluding hydrogens is 256 g/mol. The zero-order valence-corrected chi connectivity index (χ0v) is 12.8. The minimum Gasteiger partial charge on any atom is -0.469 e. The second-order valence-electron chi connectivity index (χ2n) is 5.04. The summed E-state index contributed by atoms with van der Waals surface area (Å²) in [4.78, 5) is 22.3. The van der Waals surface area contributed by atoms with E-state index in [4.69, 9.17) is 5.73 Å². The Balaban J connectivity index is 3.21. The molecule has 3 N–H and O–H groups in total. The van der Waals surface area contributed by atoms with E-state index in [9.17, 15) is 9.59 Å². The van der Waals surface area contributed by atoms with Gasteiger partial charge in [0.2, 0.25) is 5.91 Å². The third-order valence-corrected chi connectivity index (χ3v) is 3.24. The van der Waals surface area contributed by atoms with Gasteiger partial charge >= 0.3 is 5.97 Å². The van der Waals surface area contributed by atoms with Crippen molar-refractivity contribution in [3.8, 4) is 0 Å². The molecular formula is C15H30N2O3. The molecule has 118 valence electrons. The summed E-state index contributed by atoms with van der Waals surface area (Å²) in [6.07, 6.45) is 10.2. The first-order valence-corrected chi connectivity index (χ1v) is 7.74. The Morgan fingerprint density at radius 3 is 2.00 bits per heavy atom. The summed E-state index contributed by atoms with van der Waals surface area (Å²) < 4.78 is 4.50. The molecule has 0 radical (unpaired) electrons. The Morgan fingerprint density at radius 2 is 1.45 bits per heavy atom. The van der Waals surface area contributed by atoms with Gasteiger partial charge in [-0.1, -0.05) is 38.5 Å². The predicted octanol–water partition coefficient (Wildman–Crippen LogP) is 2.14. The number of hydrogen-bond acceptors (Lipinski definition) is 4. The van der Waals surface area contributed by atoms with Gasteiger partial charge in [0.05, 0.1) is 13.5 Å². The van der Waals surface area contributed by atoms with Crippen LogP contribution < -0.4 is 11.1 Å². The van der Waals surface area contributed by atoms with Crippen LogP contribution in [0.15, 0.2) is 0 Å². The van der Waals surface area contributed by atoms with Crippen LogP contribution in [0.2, 0.25) is 0 Å². The number of amides is 1. The quantitative estimate of drug-likeness (QED) is 0.401. The minimum atomic E-state index is -0.292. The van der Waals surface area contributed by atoms with Gasteiger partial charge in [0.25, 0.3) is 0 Å². The molecule has 0 aromatic heterocycles. The third-order valence-electron chi connectivity index (χ3n) is 3.24. The number of esters is 1. The van der Waals surface area contributed by atoms with Crippen molar-refractivity contribution in [1.82, 2.24) is 5.32 Å². The molecule has 0 aliphatic heterocycles. The molecule has 0 atom stereocenters. The van der Waals surface area contributed by atoms with Gasteiger partial charge in [-0.3, -0.25) is 9.59 Å². The van der Waals surface area contributed by atoms with Gasteiger partial charge in [0.1, 0.15) is 0 Å². The van der Waals surface area contributed by atoms with Crippen LogP contribution in [0.25, 0.3) is 0 Å². The zero-order chi connectivity index (χ0) is 15.1. The summed E-state index contributed by atoms with van der Waals surface area (Å²) in [5.74, 6) is -0.267. The molecule has 0 aromatic rings. The largest absolute Gasteiger partial charge is 0.469 e. The van der Waals surface area contributed by atoms with Gasteiger partial charge in [-0.05, 0) is 19.4 Å². The monoisotopic (exact) mass is 286 g/mol. The van der Waals surface area contributed by atoms with E-state index >= 15 is 0 Å². The van der Waals surface area contributed by atoms with Crippen LogP contribution in [-0.2, 0) is 14.3 Å². The fourth-order valence-electron chi connectivity index (χ4n) is 1.98. The van der Waals surface area contributed by atoms with Crippen molar-refractivity contribution >= 4 is 11.9 Å². The predicted molar refractivity (Wildman–Crippen MR) is 80.3 cm³/mol. The van der Waals surface area contributed by atoms with Crippen molar-refractivity contribution in [2.75, 3.05) is 20.2 Å². The maximum Gasteiger partial charge on any atom is 0.307 e. The SMILES string of the molecule is COC(=O)CCNC(=O)CCCCCCCCCCN. The average Bonchev–Trinajstić information content (AvgIpc) is 2.45. The van der Waals surface area contributed by atoms with E-state index < -0.39 is 0 Å². The van der Waals surface area contributed by atoms with Crippen molar-refractivity contribution in [1.29, 1.82) is 0 Å². The molecule has 5 nitrogen and oxygen atoms in total. The van der Waals surface area contributed by atoms with Crippen LogP contribution in [0.1, 0.15) is 64.2 Å². The summed E-state index contributed by atoms with van der Waals surface area (Å²) in [7, 11) is 1.35. The highest BCUT2D eigenvalue weighted by Gasteiger charge is 2.03. The second-order valence-corrected chi connectivity index (χ2v) is 5.04. The molecule has 1 amide bonds. The Morgan fingerprint density at radius 1 is 0.900 bits per heavy atom. The number of nitrogens with two attached hydrogens (primary N) is 1. The van der Waals surface area contributed by atoms with Crippen LogP contribution in [0.4, 0.5) is 0 Å². The Bertz CT molecular complexity index is 258. The van der Waals surface area contributed by atoms with Crippen LogP contribution in [-0.4, -0.2) is 32.1 Å². The topological polar surface area (TPSA) is 81.4 Å². The van der Waals surface area contributed by atoms with Gasteiger partial charge < -0.3 is 15.8 Å². The minimum absolute atomic E-state index is 0.0249. The maximum atomic E-state index is 11.4. The van der Waals surface area contributed by atoms with Crippen molar-refractivity contribution in [3.05, 3.63) is 0 Å². The van der Waals surface area contributed by atoms with Gasteiger partial charge in [-0.15, -0.1) is 0 Å². The Hall–Kier alpha value is -1.10. The Labute approximate surface area is 122 Å². The molecule has 20 heavy (non-hydrogen) atoms. The lowest BCUT2D eigenvalue weighted by molar-refractivity contribution is -0.140. The van der Waals surface area contributed by atoms with E-state index in [1.165, 1.54) is 39.2 Å². The van der Waals surface area contributed by atoms with Gasteiger partial charge in [0.15, 0.2) is 0 Å². The second kappa shape index (κ2) is 14.3. The van der Waals surface area contributed by atoms with Gasteiger partial charge in [-0.2, -0.15) is 0 Å². The van der Waals surface area contributed by atoms with Crippen LogP contribution >= 0.6 is 0 Å². The first-order chi connectivity index (χ1) is 9.70. The number of carbonyl (C=O) groups is 2. The first kappa shape index (κ1) is 18.9. The highest BCUT2D eigenvalue weighted by Crippen LogP contribution is 2.09. The van der Waals surface area contributed by atoms with Gasteiger partial charge in [0, 0.05) is 13.0 Å². The van der Waals surface area contributed by atoms with Crippen LogP contribution in [0, 0.1) is 0 Å². The van der Waals surface area contributed by atoms with Crippen molar-refractivity contribution in [2.24, 2.45) is 5.73 Å². The van der Waals surface area contributed by atoms with E-state index in [1.54, 1.807) is 0 Å². The lowest BCUT2D eigenvalue weighted by Gasteiger charge is -2.04. The number of methoxy groups -OCH3 is 1. The lowest BCUT2D eigenvalue weighted by atomic mass is 10.1. The van der Waals surface area contributed by atoms with Crippen LogP contribution in [0.5, 0.6) is 0 Å². The first-order valence-electron chi connectivity index (χ1n) is 7.74. The van der Waals surface area contributed by atoms with Crippen molar-refractivity contribution in [2.45, 2.75) is 64.2 Å².